The second-order valence-electron chi connectivity index (χ2n) is 9.27. The van der Waals surface area contributed by atoms with Gasteiger partial charge in [0.05, 0.1) is 6.54 Å². The lowest BCUT2D eigenvalue weighted by atomic mass is 9.71. The highest BCUT2D eigenvalue weighted by atomic mass is 79.9. The Balaban J connectivity index is 0.00000324. The summed E-state index contributed by atoms with van der Waals surface area (Å²) in [5.41, 5.74) is 7.13. The summed E-state index contributed by atoms with van der Waals surface area (Å²) in [5, 5.41) is 0. The fourth-order valence-electron chi connectivity index (χ4n) is 5.26. The van der Waals surface area contributed by atoms with Crippen molar-refractivity contribution in [2.45, 2.75) is 64.0 Å². The second kappa shape index (κ2) is 12.2. The summed E-state index contributed by atoms with van der Waals surface area (Å²) >= 11 is 0. The summed E-state index contributed by atoms with van der Waals surface area (Å²) in [5.74, 6) is 1.62. The van der Waals surface area contributed by atoms with Crippen LogP contribution in [0, 0.1) is 12.8 Å². The van der Waals surface area contributed by atoms with Crippen molar-refractivity contribution >= 4 is 5.91 Å². The number of hydrogen-bond acceptors (Lipinski definition) is 1. The summed E-state index contributed by atoms with van der Waals surface area (Å²) < 4.78 is 4.51. The number of carbonyl (C=O) groups excluding carboxylic acids is 1. The quantitative estimate of drug-likeness (QED) is 0.340. The fourth-order valence-corrected chi connectivity index (χ4v) is 5.26. The van der Waals surface area contributed by atoms with E-state index >= 15 is 0 Å². The minimum atomic E-state index is -0.870. The third-order valence-electron chi connectivity index (χ3n) is 7.30. The van der Waals surface area contributed by atoms with Crippen LogP contribution in [0.25, 0.3) is 0 Å². The lowest BCUT2D eigenvalue weighted by Crippen LogP contribution is -3.00. The Kier molecular flexibility index (Phi) is 9.28. The largest absolute Gasteiger partial charge is 1.00 e. The number of imidazole rings is 1. The molecule has 180 valence electrons. The fraction of sp³-hybridized carbons (Fsp3) is 0.379. The van der Waals surface area contributed by atoms with E-state index in [1.54, 1.807) is 0 Å². The molecule has 0 radical (unpaired) electrons. The van der Waals surface area contributed by atoms with Gasteiger partial charge in [-0.25, -0.2) is 9.13 Å². The maximum absolute atomic E-state index is 13.0. The van der Waals surface area contributed by atoms with Crippen molar-refractivity contribution in [1.29, 1.82) is 0 Å². The van der Waals surface area contributed by atoms with Crippen molar-refractivity contribution in [3.8, 4) is 0 Å². The Bertz CT molecular complexity index is 1030. The van der Waals surface area contributed by atoms with E-state index in [1.165, 1.54) is 37.9 Å². The second-order valence-corrected chi connectivity index (χ2v) is 9.27. The molecule has 1 aliphatic rings. The van der Waals surface area contributed by atoms with E-state index in [0.29, 0.717) is 13.0 Å². The number of allylic oxidation sites excluding steroid dienone is 2. The van der Waals surface area contributed by atoms with Crippen molar-refractivity contribution in [1.82, 2.24) is 4.57 Å². The van der Waals surface area contributed by atoms with Crippen molar-refractivity contribution < 1.29 is 26.3 Å². The molecule has 3 aromatic rings. The van der Waals surface area contributed by atoms with Crippen LogP contribution in [-0.2, 0) is 23.3 Å². The molecule has 0 unspecified atom stereocenters. The van der Waals surface area contributed by atoms with Gasteiger partial charge < -0.3 is 22.7 Å². The molecule has 0 saturated heterocycles. The molecule has 1 amide bonds. The predicted molar refractivity (Wildman–Crippen MR) is 133 cm³/mol. The van der Waals surface area contributed by atoms with Gasteiger partial charge in [0.2, 0.25) is 5.91 Å². The SMILES string of the molecule is Cc1n(CCC(C(N)=O)(c2ccccc2)c2ccccc2)cc[n+]1C/C=C/C1CCCCC1.[Br-]. The molecule has 34 heavy (non-hydrogen) atoms. The molecular weight excluding hydrogens is 486 g/mol. The summed E-state index contributed by atoms with van der Waals surface area (Å²) in [7, 11) is 0. The molecule has 1 heterocycles. The Hall–Kier alpha value is -2.66. The number of halogens is 1. The van der Waals surface area contributed by atoms with E-state index < -0.39 is 5.41 Å². The predicted octanol–water partition coefficient (Wildman–Crippen LogP) is 2.09. The van der Waals surface area contributed by atoms with Crippen LogP contribution < -0.4 is 27.3 Å². The molecule has 4 rings (SSSR count). The summed E-state index contributed by atoms with van der Waals surface area (Å²) in [6, 6.07) is 19.9. The minimum absolute atomic E-state index is 0. The molecule has 1 aliphatic carbocycles. The van der Waals surface area contributed by atoms with E-state index in [-0.39, 0.29) is 22.9 Å². The van der Waals surface area contributed by atoms with Gasteiger partial charge in [0.15, 0.2) is 0 Å². The first-order valence-corrected chi connectivity index (χ1v) is 12.2. The normalized spacial score (nSPS) is 14.7. The number of nitrogens with zero attached hydrogens (tertiary/aromatic N) is 2. The lowest BCUT2D eigenvalue weighted by Gasteiger charge is -2.31. The Morgan fingerprint density at radius 3 is 2.18 bits per heavy atom. The first kappa shape index (κ1) is 26.0. The van der Waals surface area contributed by atoms with E-state index in [2.05, 4.69) is 40.6 Å². The van der Waals surface area contributed by atoms with Gasteiger partial charge in [0, 0.05) is 13.3 Å². The lowest BCUT2D eigenvalue weighted by molar-refractivity contribution is -0.692. The number of amides is 1. The van der Waals surface area contributed by atoms with Gasteiger partial charge in [0.1, 0.15) is 24.4 Å². The number of benzene rings is 2. The molecule has 2 N–H and O–H groups in total. The Labute approximate surface area is 214 Å². The smallest absolute Gasteiger partial charge is 0.253 e. The average Bonchev–Trinajstić information content (AvgIpc) is 3.21. The molecule has 1 saturated carbocycles. The van der Waals surface area contributed by atoms with E-state index in [1.807, 2.05) is 60.7 Å². The van der Waals surface area contributed by atoms with Crippen LogP contribution >= 0.6 is 0 Å². The van der Waals surface area contributed by atoms with Gasteiger partial charge in [0.25, 0.3) is 5.82 Å². The van der Waals surface area contributed by atoms with Crippen LogP contribution in [0.4, 0.5) is 0 Å². The van der Waals surface area contributed by atoms with Gasteiger partial charge in [-0.3, -0.25) is 4.79 Å². The van der Waals surface area contributed by atoms with Crippen molar-refractivity contribution in [2.24, 2.45) is 11.7 Å². The molecule has 1 aromatic heterocycles. The van der Waals surface area contributed by atoms with Gasteiger partial charge in [-0.05, 0) is 36.0 Å². The van der Waals surface area contributed by atoms with E-state index in [0.717, 1.165) is 23.6 Å². The number of primary amides is 1. The van der Waals surface area contributed by atoms with Crippen LogP contribution in [0.5, 0.6) is 0 Å². The Morgan fingerprint density at radius 2 is 1.62 bits per heavy atom. The van der Waals surface area contributed by atoms with Gasteiger partial charge >= 0.3 is 0 Å². The topological polar surface area (TPSA) is 51.9 Å². The number of aromatic nitrogens is 2. The highest BCUT2D eigenvalue weighted by molar-refractivity contribution is 5.90. The number of nitrogens with two attached hydrogens (primary N) is 1. The first-order chi connectivity index (χ1) is 16.1. The third-order valence-corrected chi connectivity index (χ3v) is 7.30. The molecule has 0 atom stereocenters. The maximum Gasteiger partial charge on any atom is 0.253 e. The monoisotopic (exact) mass is 521 g/mol. The highest BCUT2D eigenvalue weighted by Crippen LogP contribution is 2.36. The van der Waals surface area contributed by atoms with Gasteiger partial charge in [-0.15, -0.1) is 0 Å². The van der Waals surface area contributed by atoms with Crippen LogP contribution in [0.15, 0.2) is 85.2 Å². The number of carbonyl (C=O) groups is 1. The van der Waals surface area contributed by atoms with Crippen molar-refractivity contribution in [2.75, 3.05) is 0 Å². The van der Waals surface area contributed by atoms with Crippen LogP contribution in [-0.4, -0.2) is 10.5 Å². The van der Waals surface area contributed by atoms with Crippen LogP contribution in [0.1, 0.15) is 55.5 Å². The third kappa shape index (κ3) is 5.69. The molecule has 5 heteroatoms. The van der Waals surface area contributed by atoms with Gasteiger partial charge in [-0.1, -0.05) is 86.0 Å². The highest BCUT2D eigenvalue weighted by Gasteiger charge is 2.40. The summed E-state index contributed by atoms with van der Waals surface area (Å²) in [6.45, 7) is 3.73. The molecule has 1 fully saturated rings. The van der Waals surface area contributed by atoms with Crippen molar-refractivity contribution in [3.05, 3.63) is 102 Å². The Morgan fingerprint density at radius 1 is 1.03 bits per heavy atom. The molecule has 4 nitrogen and oxygen atoms in total. The summed E-state index contributed by atoms with van der Waals surface area (Å²) in [6.07, 6.45) is 16.3. The standard InChI is InChI=1S/C29H35N3O.BrH/c1-24-31(20-11-14-25-12-5-2-6-13-25)22-23-32(24)21-19-29(28(30)33,26-15-7-3-8-16-26)27-17-9-4-10-18-27;/h3-4,7-11,14-18,22-23,25H,2,5-6,12-13,19-21H2,1H3,(H-,30,33);1H/b14-11+;. The molecule has 0 aliphatic heterocycles. The molecule has 0 bridgehead atoms. The minimum Gasteiger partial charge on any atom is -1.00 e. The average molecular weight is 523 g/mol. The molecule has 0 spiro atoms. The van der Waals surface area contributed by atoms with Crippen LogP contribution in [0.2, 0.25) is 0 Å². The molecular formula is C29H36BrN3O. The first-order valence-electron chi connectivity index (χ1n) is 12.2. The zero-order valence-corrected chi connectivity index (χ0v) is 21.7. The zero-order valence-electron chi connectivity index (χ0n) is 20.1. The van der Waals surface area contributed by atoms with Gasteiger partial charge in [-0.2, -0.15) is 0 Å². The zero-order chi connectivity index (χ0) is 23.1. The number of hydrogen-bond donors (Lipinski definition) is 1. The van der Waals surface area contributed by atoms with E-state index in [9.17, 15) is 4.79 Å². The van der Waals surface area contributed by atoms with Crippen molar-refractivity contribution in [3.63, 3.8) is 0 Å². The number of aryl methyl sites for hydroxylation is 1. The maximum atomic E-state index is 13.0. The van der Waals surface area contributed by atoms with Crippen LogP contribution in [0.3, 0.4) is 0 Å². The molecule has 2 aromatic carbocycles. The number of rotatable bonds is 9. The van der Waals surface area contributed by atoms with E-state index in [4.69, 9.17) is 5.73 Å². The summed E-state index contributed by atoms with van der Waals surface area (Å²) in [4.78, 5) is 13.0.